The lowest BCUT2D eigenvalue weighted by atomic mass is 9.95. The number of nitrogens with zero attached hydrogens (tertiary/aromatic N) is 3. The van der Waals surface area contributed by atoms with Gasteiger partial charge in [0.1, 0.15) is 17.3 Å². The third kappa shape index (κ3) is 4.55. The molecule has 9 nitrogen and oxygen atoms in total. The lowest BCUT2D eigenvalue weighted by molar-refractivity contribution is -0.140. The molecule has 33 heavy (non-hydrogen) atoms. The number of carbonyl (C=O) groups is 2. The summed E-state index contributed by atoms with van der Waals surface area (Å²) in [5, 5.41) is 11.3. The van der Waals surface area contributed by atoms with Crippen LogP contribution in [0.4, 0.5) is 0 Å². The molecule has 0 spiro atoms. The highest BCUT2D eigenvalue weighted by Gasteiger charge is 2.46. The van der Waals surface area contributed by atoms with Crippen LogP contribution in [0, 0.1) is 0 Å². The molecule has 2 aliphatic heterocycles. The molecule has 0 aliphatic carbocycles. The maximum Gasteiger partial charge on any atom is 0.295 e. The number of ketones is 1. The summed E-state index contributed by atoms with van der Waals surface area (Å²) in [5.74, 6) is -0.781. The number of aromatic nitrogens is 1. The molecule has 0 saturated carbocycles. The predicted octanol–water partition coefficient (Wildman–Crippen LogP) is 1.85. The van der Waals surface area contributed by atoms with Crippen molar-refractivity contribution in [1.82, 2.24) is 14.8 Å². The molecule has 3 heterocycles. The van der Waals surface area contributed by atoms with Gasteiger partial charge in [0.2, 0.25) is 0 Å². The minimum absolute atomic E-state index is 0.0247. The monoisotopic (exact) mass is 453 g/mol. The lowest BCUT2D eigenvalue weighted by Crippen LogP contribution is -2.42. The number of morpholine rings is 1. The molecule has 1 aromatic heterocycles. The van der Waals surface area contributed by atoms with Crippen molar-refractivity contribution in [1.29, 1.82) is 0 Å². The minimum Gasteiger partial charge on any atom is -0.507 e. The number of amides is 1. The Balaban J connectivity index is 1.75. The normalized spacial score (nSPS) is 20.8. The SMILES string of the molecule is COc1ccc(/C(O)=C2\C(=O)C(=O)N(CCN3CCOCC3)C2c2ccncc2)c(OC)c1. The van der Waals surface area contributed by atoms with Crippen molar-refractivity contribution >= 4 is 17.4 Å². The molecule has 2 fully saturated rings. The van der Waals surface area contributed by atoms with Crippen LogP contribution in [0.3, 0.4) is 0 Å². The number of likely N-dealkylation sites (tertiary alicyclic amines) is 1. The molecular formula is C24H27N3O6. The number of benzene rings is 1. The van der Waals surface area contributed by atoms with E-state index >= 15 is 0 Å². The summed E-state index contributed by atoms with van der Waals surface area (Å²) in [6.07, 6.45) is 3.21. The Morgan fingerprint density at radius 1 is 1.09 bits per heavy atom. The Hall–Kier alpha value is -3.43. The minimum atomic E-state index is -0.735. The van der Waals surface area contributed by atoms with Crippen LogP contribution >= 0.6 is 0 Å². The Bertz CT molecular complexity index is 1050. The van der Waals surface area contributed by atoms with Crippen molar-refractivity contribution in [3.05, 3.63) is 59.4 Å². The topological polar surface area (TPSA) is 101 Å². The zero-order chi connectivity index (χ0) is 23.4. The molecule has 1 atom stereocenters. The summed E-state index contributed by atoms with van der Waals surface area (Å²) >= 11 is 0. The highest BCUT2D eigenvalue weighted by Crippen LogP contribution is 2.41. The van der Waals surface area contributed by atoms with Crippen molar-refractivity contribution in [3.63, 3.8) is 0 Å². The second-order valence-electron chi connectivity index (χ2n) is 7.79. The van der Waals surface area contributed by atoms with Gasteiger partial charge >= 0.3 is 0 Å². The highest BCUT2D eigenvalue weighted by atomic mass is 16.5. The van der Waals surface area contributed by atoms with Crippen LogP contribution in [0.1, 0.15) is 17.2 Å². The molecule has 2 saturated heterocycles. The summed E-state index contributed by atoms with van der Waals surface area (Å²) in [4.78, 5) is 34.0. The van der Waals surface area contributed by atoms with E-state index in [0.717, 1.165) is 13.1 Å². The summed E-state index contributed by atoms with van der Waals surface area (Å²) in [6.45, 7) is 3.77. The number of ether oxygens (including phenoxy) is 3. The van der Waals surface area contributed by atoms with Crippen molar-refractivity contribution in [2.24, 2.45) is 0 Å². The summed E-state index contributed by atoms with van der Waals surface area (Å²) in [5.41, 5.74) is 1.03. The van der Waals surface area contributed by atoms with Crippen LogP contribution < -0.4 is 9.47 Å². The fourth-order valence-electron chi connectivity index (χ4n) is 4.22. The number of carbonyl (C=O) groups excluding carboxylic acids is 2. The molecule has 9 heteroatoms. The second kappa shape index (κ2) is 10.0. The number of methoxy groups -OCH3 is 2. The van der Waals surface area contributed by atoms with Gasteiger partial charge in [0.15, 0.2) is 0 Å². The van der Waals surface area contributed by atoms with E-state index in [1.165, 1.54) is 19.1 Å². The van der Waals surface area contributed by atoms with E-state index in [9.17, 15) is 14.7 Å². The predicted molar refractivity (Wildman–Crippen MR) is 120 cm³/mol. The Kier molecular flexibility index (Phi) is 6.90. The van der Waals surface area contributed by atoms with Crippen LogP contribution in [0.15, 0.2) is 48.3 Å². The number of aliphatic hydroxyl groups is 1. The number of pyridine rings is 1. The highest BCUT2D eigenvalue weighted by molar-refractivity contribution is 6.46. The molecule has 1 N–H and O–H groups in total. The number of aliphatic hydroxyl groups excluding tert-OH is 1. The zero-order valence-corrected chi connectivity index (χ0v) is 18.7. The van der Waals surface area contributed by atoms with Crippen molar-refractivity contribution in [2.45, 2.75) is 6.04 Å². The van der Waals surface area contributed by atoms with Gasteiger partial charge < -0.3 is 24.2 Å². The molecule has 0 radical (unpaired) electrons. The van der Waals surface area contributed by atoms with Crippen LogP contribution in [0.25, 0.3) is 5.76 Å². The quantitative estimate of drug-likeness (QED) is 0.385. The van der Waals surface area contributed by atoms with E-state index in [0.29, 0.717) is 48.9 Å². The first kappa shape index (κ1) is 22.8. The number of rotatable bonds is 7. The van der Waals surface area contributed by atoms with Gasteiger partial charge in [-0.05, 0) is 29.8 Å². The standard InChI is InChI=1S/C24H27N3O6/c1-31-17-3-4-18(19(15-17)32-2)22(28)20-21(16-5-7-25-8-6-16)27(24(30)23(20)29)10-9-26-11-13-33-14-12-26/h3-8,15,21,28H,9-14H2,1-2H3/b22-20+. The molecular weight excluding hydrogens is 426 g/mol. The number of hydrogen-bond acceptors (Lipinski definition) is 8. The first-order chi connectivity index (χ1) is 16.0. The molecule has 4 rings (SSSR count). The molecule has 2 aliphatic rings. The average molecular weight is 453 g/mol. The summed E-state index contributed by atoms with van der Waals surface area (Å²) < 4.78 is 16.0. The van der Waals surface area contributed by atoms with Crippen LogP contribution in [0.2, 0.25) is 0 Å². The van der Waals surface area contributed by atoms with E-state index in [-0.39, 0.29) is 11.3 Å². The summed E-state index contributed by atoms with van der Waals surface area (Å²) in [7, 11) is 2.99. The largest absolute Gasteiger partial charge is 0.507 e. The van der Waals surface area contributed by atoms with E-state index in [4.69, 9.17) is 14.2 Å². The maximum absolute atomic E-state index is 13.2. The fraction of sp³-hybridized carbons (Fsp3) is 0.375. The third-order valence-corrected chi connectivity index (χ3v) is 5.99. The van der Waals surface area contributed by atoms with Gasteiger partial charge in [0.25, 0.3) is 11.7 Å². The summed E-state index contributed by atoms with van der Waals surface area (Å²) in [6, 6.07) is 7.64. The molecule has 174 valence electrons. The van der Waals surface area contributed by atoms with Crippen LogP contribution in [-0.2, 0) is 14.3 Å². The van der Waals surface area contributed by atoms with Crippen molar-refractivity contribution in [2.75, 3.05) is 53.6 Å². The fourth-order valence-corrected chi connectivity index (χ4v) is 4.22. The van der Waals surface area contributed by atoms with E-state index in [1.807, 2.05) is 0 Å². The van der Waals surface area contributed by atoms with Gasteiger partial charge in [-0.15, -0.1) is 0 Å². The average Bonchev–Trinajstić information content (AvgIpc) is 3.12. The van der Waals surface area contributed by atoms with Gasteiger partial charge in [-0.2, -0.15) is 0 Å². The zero-order valence-electron chi connectivity index (χ0n) is 18.7. The first-order valence-corrected chi connectivity index (χ1v) is 10.8. The third-order valence-electron chi connectivity index (χ3n) is 5.99. The van der Waals surface area contributed by atoms with Crippen LogP contribution in [-0.4, -0.2) is 85.2 Å². The van der Waals surface area contributed by atoms with Crippen molar-refractivity contribution < 1.29 is 28.9 Å². The van der Waals surface area contributed by atoms with Gasteiger partial charge in [-0.1, -0.05) is 0 Å². The Morgan fingerprint density at radius 2 is 1.82 bits per heavy atom. The van der Waals surface area contributed by atoms with E-state index in [1.54, 1.807) is 42.7 Å². The Morgan fingerprint density at radius 3 is 2.48 bits per heavy atom. The van der Waals surface area contributed by atoms with E-state index in [2.05, 4.69) is 9.88 Å². The second-order valence-corrected chi connectivity index (χ2v) is 7.79. The lowest BCUT2D eigenvalue weighted by Gasteiger charge is -2.31. The first-order valence-electron chi connectivity index (χ1n) is 10.8. The molecule has 1 amide bonds. The van der Waals surface area contributed by atoms with Gasteiger partial charge in [-0.3, -0.25) is 19.5 Å². The van der Waals surface area contributed by atoms with Crippen LogP contribution in [0.5, 0.6) is 11.5 Å². The number of Topliss-reactive ketones (excluding diaryl/α,β-unsaturated/α-hetero) is 1. The smallest absolute Gasteiger partial charge is 0.295 e. The molecule has 1 aromatic carbocycles. The van der Waals surface area contributed by atoms with Gasteiger partial charge in [-0.25, -0.2) is 0 Å². The molecule has 0 bridgehead atoms. The Labute approximate surface area is 192 Å². The molecule has 1 unspecified atom stereocenters. The maximum atomic E-state index is 13.2. The van der Waals surface area contributed by atoms with Gasteiger partial charge in [0, 0.05) is 44.6 Å². The van der Waals surface area contributed by atoms with E-state index < -0.39 is 17.7 Å². The van der Waals surface area contributed by atoms with Crippen molar-refractivity contribution in [3.8, 4) is 11.5 Å². The number of hydrogen-bond donors (Lipinski definition) is 1. The molecule has 2 aromatic rings. The van der Waals surface area contributed by atoms with Gasteiger partial charge in [0.05, 0.1) is 44.6 Å².